The molecule has 0 aliphatic carbocycles. The minimum absolute atomic E-state index is 0.0493. The Labute approximate surface area is 87.4 Å². The lowest BCUT2D eigenvalue weighted by Gasteiger charge is -2.26. The summed E-state index contributed by atoms with van der Waals surface area (Å²) in [6.45, 7) is 5.19. The zero-order valence-electron chi connectivity index (χ0n) is 8.33. The standard InChI is InChI=1S/C9H13ClO4/c1-8(2,3)14-7(11)9(12)6(10)4-5-13-9/h4,12H,5H2,1-3H3. The quantitative estimate of drug-likeness (QED) is 0.674. The number of carbonyl (C=O) groups is 1. The van der Waals surface area contributed by atoms with Crippen LogP contribution in [0.2, 0.25) is 0 Å². The summed E-state index contributed by atoms with van der Waals surface area (Å²) in [5, 5.41) is 9.65. The second-order valence-corrected chi connectivity index (χ2v) is 4.42. The second kappa shape index (κ2) is 3.53. The van der Waals surface area contributed by atoms with Crippen molar-refractivity contribution in [2.75, 3.05) is 6.61 Å². The molecule has 0 radical (unpaired) electrons. The van der Waals surface area contributed by atoms with Gasteiger partial charge in [-0.1, -0.05) is 11.6 Å². The molecular formula is C9H13ClO4. The summed E-state index contributed by atoms with van der Waals surface area (Å²) in [5.41, 5.74) is -0.685. The first-order valence-corrected chi connectivity index (χ1v) is 4.59. The maximum absolute atomic E-state index is 11.5. The molecule has 4 nitrogen and oxygen atoms in total. The van der Waals surface area contributed by atoms with Crippen LogP contribution in [0, 0.1) is 0 Å². The Balaban J connectivity index is 2.75. The van der Waals surface area contributed by atoms with Crippen LogP contribution in [-0.2, 0) is 14.3 Å². The molecule has 0 aromatic carbocycles. The molecule has 1 aliphatic rings. The van der Waals surface area contributed by atoms with Gasteiger partial charge >= 0.3 is 11.8 Å². The van der Waals surface area contributed by atoms with Gasteiger partial charge in [0.2, 0.25) is 0 Å². The lowest BCUT2D eigenvalue weighted by atomic mass is 10.2. The molecule has 5 heteroatoms. The Morgan fingerprint density at radius 3 is 2.64 bits per heavy atom. The lowest BCUT2D eigenvalue weighted by Crippen LogP contribution is -2.44. The maximum atomic E-state index is 11.5. The first-order chi connectivity index (χ1) is 6.26. The van der Waals surface area contributed by atoms with Crippen molar-refractivity contribution in [3.63, 3.8) is 0 Å². The van der Waals surface area contributed by atoms with Gasteiger partial charge in [-0.05, 0) is 26.8 Å². The predicted octanol–water partition coefficient (Wildman–Crippen LogP) is 1.17. The summed E-state index contributed by atoms with van der Waals surface area (Å²) in [4.78, 5) is 11.5. The number of rotatable bonds is 1. The highest BCUT2D eigenvalue weighted by Crippen LogP contribution is 2.30. The van der Waals surface area contributed by atoms with Gasteiger partial charge in [-0.3, -0.25) is 0 Å². The predicted molar refractivity (Wildman–Crippen MR) is 50.7 cm³/mol. The number of esters is 1. The Morgan fingerprint density at radius 2 is 2.29 bits per heavy atom. The lowest BCUT2D eigenvalue weighted by molar-refractivity contribution is -0.212. The van der Waals surface area contributed by atoms with Crippen LogP contribution in [0.5, 0.6) is 0 Å². The molecule has 0 saturated heterocycles. The van der Waals surface area contributed by atoms with Crippen molar-refractivity contribution < 1.29 is 19.4 Å². The Kier molecular flexibility index (Phi) is 2.90. The van der Waals surface area contributed by atoms with E-state index in [-0.39, 0.29) is 11.6 Å². The number of hydrogen-bond donors (Lipinski definition) is 1. The largest absolute Gasteiger partial charge is 0.456 e. The molecule has 0 spiro atoms. The van der Waals surface area contributed by atoms with Crippen LogP contribution in [0.15, 0.2) is 11.1 Å². The minimum atomic E-state index is -2.12. The number of carbonyl (C=O) groups excluding carboxylic acids is 1. The Bertz CT molecular complexity index is 279. The van der Waals surface area contributed by atoms with Gasteiger partial charge in [0.05, 0.1) is 11.6 Å². The van der Waals surface area contributed by atoms with Crippen LogP contribution >= 0.6 is 11.6 Å². The van der Waals surface area contributed by atoms with Gasteiger partial charge < -0.3 is 14.6 Å². The molecule has 80 valence electrons. The minimum Gasteiger partial charge on any atom is -0.456 e. The summed E-state index contributed by atoms with van der Waals surface area (Å²) in [6.07, 6.45) is 1.42. The molecule has 0 bridgehead atoms. The molecular weight excluding hydrogens is 208 g/mol. The highest BCUT2D eigenvalue weighted by atomic mass is 35.5. The van der Waals surface area contributed by atoms with E-state index in [0.29, 0.717) is 0 Å². The number of aliphatic hydroxyl groups is 1. The highest BCUT2D eigenvalue weighted by molar-refractivity contribution is 6.32. The molecule has 1 aliphatic heterocycles. The first-order valence-electron chi connectivity index (χ1n) is 4.21. The number of ether oxygens (including phenoxy) is 2. The molecule has 14 heavy (non-hydrogen) atoms. The van der Waals surface area contributed by atoms with Crippen LogP contribution < -0.4 is 0 Å². The number of halogens is 1. The fraction of sp³-hybridized carbons (Fsp3) is 0.667. The maximum Gasteiger partial charge on any atom is 0.373 e. The molecule has 1 atom stereocenters. The van der Waals surface area contributed by atoms with E-state index in [2.05, 4.69) is 0 Å². The van der Waals surface area contributed by atoms with Crippen molar-refractivity contribution in [2.24, 2.45) is 0 Å². The molecule has 0 fully saturated rings. The topological polar surface area (TPSA) is 55.8 Å². The van der Waals surface area contributed by atoms with Gasteiger partial charge in [0, 0.05) is 0 Å². The molecule has 1 heterocycles. The Morgan fingerprint density at radius 1 is 1.71 bits per heavy atom. The van der Waals surface area contributed by atoms with E-state index >= 15 is 0 Å². The van der Waals surface area contributed by atoms with Crippen LogP contribution in [0.1, 0.15) is 20.8 Å². The van der Waals surface area contributed by atoms with Crippen LogP contribution in [-0.4, -0.2) is 29.1 Å². The molecule has 1 rings (SSSR count). The van der Waals surface area contributed by atoms with Gasteiger partial charge in [0.1, 0.15) is 5.60 Å². The molecule has 0 saturated carbocycles. The summed E-state index contributed by atoms with van der Waals surface area (Å²) in [5.74, 6) is -3.00. The first kappa shape index (κ1) is 11.5. The number of hydrogen-bond acceptors (Lipinski definition) is 4. The fourth-order valence-corrected chi connectivity index (χ4v) is 1.14. The third-order valence-electron chi connectivity index (χ3n) is 1.55. The van der Waals surface area contributed by atoms with E-state index in [1.165, 1.54) is 6.08 Å². The zero-order valence-corrected chi connectivity index (χ0v) is 9.09. The van der Waals surface area contributed by atoms with E-state index in [0.717, 1.165) is 0 Å². The second-order valence-electron chi connectivity index (χ2n) is 4.01. The van der Waals surface area contributed by atoms with E-state index < -0.39 is 17.4 Å². The van der Waals surface area contributed by atoms with Gasteiger partial charge in [0.25, 0.3) is 0 Å². The van der Waals surface area contributed by atoms with Crippen molar-refractivity contribution in [1.82, 2.24) is 0 Å². The van der Waals surface area contributed by atoms with Crippen LogP contribution in [0.4, 0.5) is 0 Å². The summed E-state index contributed by atoms with van der Waals surface area (Å²) >= 11 is 5.63. The van der Waals surface area contributed by atoms with Crippen molar-refractivity contribution >= 4 is 17.6 Å². The molecule has 1 N–H and O–H groups in total. The van der Waals surface area contributed by atoms with Crippen LogP contribution in [0.3, 0.4) is 0 Å². The molecule has 0 aromatic heterocycles. The third kappa shape index (κ3) is 2.26. The van der Waals surface area contributed by atoms with E-state index in [4.69, 9.17) is 21.1 Å². The van der Waals surface area contributed by atoms with Gasteiger partial charge in [0.15, 0.2) is 0 Å². The van der Waals surface area contributed by atoms with E-state index in [9.17, 15) is 9.90 Å². The summed E-state index contributed by atoms with van der Waals surface area (Å²) in [7, 11) is 0. The highest BCUT2D eigenvalue weighted by Gasteiger charge is 2.47. The summed E-state index contributed by atoms with van der Waals surface area (Å²) < 4.78 is 9.77. The SMILES string of the molecule is CC(C)(C)OC(=O)C1(O)OCC=C1Cl. The van der Waals surface area contributed by atoms with Crippen LogP contribution in [0.25, 0.3) is 0 Å². The average Bonchev–Trinajstić information content (AvgIpc) is 2.30. The molecule has 0 aromatic rings. The molecule has 1 unspecified atom stereocenters. The smallest absolute Gasteiger partial charge is 0.373 e. The van der Waals surface area contributed by atoms with Gasteiger partial charge in [-0.2, -0.15) is 0 Å². The van der Waals surface area contributed by atoms with Crippen molar-refractivity contribution in [3.8, 4) is 0 Å². The fourth-order valence-electron chi connectivity index (χ4n) is 0.946. The van der Waals surface area contributed by atoms with E-state index in [1.807, 2.05) is 0 Å². The Hall–Kier alpha value is -0.580. The summed E-state index contributed by atoms with van der Waals surface area (Å²) in [6, 6.07) is 0. The van der Waals surface area contributed by atoms with Crippen molar-refractivity contribution in [2.45, 2.75) is 32.2 Å². The normalized spacial score (nSPS) is 27.4. The van der Waals surface area contributed by atoms with E-state index in [1.54, 1.807) is 20.8 Å². The van der Waals surface area contributed by atoms with Gasteiger partial charge in [-0.25, -0.2) is 4.79 Å². The average molecular weight is 221 g/mol. The molecule has 0 amide bonds. The third-order valence-corrected chi connectivity index (χ3v) is 1.96. The zero-order chi connectivity index (χ0) is 11.0. The van der Waals surface area contributed by atoms with Crippen molar-refractivity contribution in [1.29, 1.82) is 0 Å². The van der Waals surface area contributed by atoms with Crippen molar-refractivity contribution in [3.05, 3.63) is 11.1 Å². The monoisotopic (exact) mass is 220 g/mol. The van der Waals surface area contributed by atoms with Gasteiger partial charge in [-0.15, -0.1) is 0 Å².